The molecule has 1 saturated heterocycles. The molecule has 2 amide bonds. The number of carbonyl (C=O) groups excluding carboxylic acids is 2. The molecular formula is C14H15N3O2. The Kier molecular flexibility index (Phi) is 2.81. The minimum atomic E-state index is -0.324. The van der Waals surface area contributed by atoms with E-state index < -0.39 is 0 Å². The molecule has 19 heavy (non-hydrogen) atoms. The number of amides is 2. The first kappa shape index (κ1) is 11.9. The number of nitrogens with one attached hydrogen (secondary N) is 1. The van der Waals surface area contributed by atoms with Gasteiger partial charge in [-0.2, -0.15) is 5.10 Å². The average Bonchev–Trinajstić information content (AvgIpc) is 2.78. The summed E-state index contributed by atoms with van der Waals surface area (Å²) in [5, 5.41) is 7.94. The third kappa shape index (κ3) is 1.91. The SMILES string of the molecule is CCn1nc(C2CCC(=O)NC2=O)c2ccccc21. The van der Waals surface area contributed by atoms with Crippen molar-refractivity contribution in [3.8, 4) is 0 Å². The lowest BCUT2D eigenvalue weighted by Gasteiger charge is -2.19. The highest BCUT2D eigenvalue weighted by Gasteiger charge is 2.31. The molecule has 2 heterocycles. The van der Waals surface area contributed by atoms with E-state index >= 15 is 0 Å². The van der Waals surface area contributed by atoms with Crippen LogP contribution in [0.2, 0.25) is 0 Å². The number of rotatable bonds is 2. The highest BCUT2D eigenvalue weighted by atomic mass is 16.2. The third-order valence-electron chi connectivity index (χ3n) is 3.56. The van der Waals surface area contributed by atoms with Crippen LogP contribution in [-0.2, 0) is 16.1 Å². The van der Waals surface area contributed by atoms with Crippen LogP contribution in [0.1, 0.15) is 31.4 Å². The maximum absolute atomic E-state index is 12.0. The standard InChI is InChI=1S/C14H15N3O2/c1-2-17-11-6-4-3-5-9(11)13(16-17)10-7-8-12(18)15-14(10)19/h3-6,10H,2,7-8H2,1H3,(H,15,18,19). The highest BCUT2D eigenvalue weighted by molar-refractivity contribution is 6.02. The summed E-state index contributed by atoms with van der Waals surface area (Å²) in [6, 6.07) is 7.89. The van der Waals surface area contributed by atoms with Gasteiger partial charge in [-0.05, 0) is 19.4 Å². The summed E-state index contributed by atoms with van der Waals surface area (Å²) in [6.45, 7) is 2.78. The second-order valence-corrected chi connectivity index (χ2v) is 4.72. The van der Waals surface area contributed by atoms with Gasteiger partial charge in [0.25, 0.3) is 0 Å². The molecule has 1 aliphatic rings. The molecule has 1 aromatic carbocycles. The number of benzene rings is 1. The van der Waals surface area contributed by atoms with Crippen molar-refractivity contribution in [3.63, 3.8) is 0 Å². The molecular weight excluding hydrogens is 242 g/mol. The van der Waals surface area contributed by atoms with Crippen LogP contribution >= 0.6 is 0 Å². The normalized spacial score (nSPS) is 19.7. The summed E-state index contributed by atoms with van der Waals surface area (Å²) in [5.74, 6) is -0.751. The Bertz CT molecular complexity index is 660. The molecule has 0 radical (unpaired) electrons. The zero-order valence-electron chi connectivity index (χ0n) is 10.7. The highest BCUT2D eigenvalue weighted by Crippen LogP contribution is 2.30. The van der Waals surface area contributed by atoms with Crippen molar-refractivity contribution in [2.75, 3.05) is 0 Å². The fourth-order valence-corrected chi connectivity index (χ4v) is 2.61. The maximum atomic E-state index is 12.0. The Morgan fingerprint density at radius 3 is 2.89 bits per heavy atom. The Morgan fingerprint density at radius 2 is 2.16 bits per heavy atom. The number of aromatic nitrogens is 2. The topological polar surface area (TPSA) is 64.0 Å². The second-order valence-electron chi connectivity index (χ2n) is 4.72. The average molecular weight is 257 g/mol. The molecule has 1 aliphatic heterocycles. The second kappa shape index (κ2) is 4.50. The number of piperidine rings is 1. The first-order valence-corrected chi connectivity index (χ1v) is 6.50. The van der Waals surface area contributed by atoms with E-state index in [1.54, 1.807) is 0 Å². The Hall–Kier alpha value is -2.17. The van der Waals surface area contributed by atoms with Crippen molar-refractivity contribution in [2.24, 2.45) is 0 Å². The van der Waals surface area contributed by atoms with E-state index in [1.807, 2.05) is 35.9 Å². The lowest BCUT2D eigenvalue weighted by molar-refractivity contribution is -0.134. The van der Waals surface area contributed by atoms with E-state index in [2.05, 4.69) is 10.4 Å². The molecule has 5 heteroatoms. The summed E-state index contributed by atoms with van der Waals surface area (Å²) in [5.41, 5.74) is 1.81. The van der Waals surface area contributed by atoms with E-state index in [4.69, 9.17) is 0 Å². The van der Waals surface area contributed by atoms with Crippen molar-refractivity contribution in [1.29, 1.82) is 0 Å². The van der Waals surface area contributed by atoms with Crippen LogP contribution in [-0.4, -0.2) is 21.6 Å². The predicted octanol–water partition coefficient (Wildman–Crippen LogP) is 1.58. The number of imide groups is 1. The minimum Gasteiger partial charge on any atom is -0.296 e. The van der Waals surface area contributed by atoms with Crippen LogP contribution in [0.5, 0.6) is 0 Å². The first-order chi connectivity index (χ1) is 9.20. The van der Waals surface area contributed by atoms with Gasteiger partial charge in [-0.25, -0.2) is 0 Å². The van der Waals surface area contributed by atoms with Crippen molar-refractivity contribution in [3.05, 3.63) is 30.0 Å². The van der Waals surface area contributed by atoms with Gasteiger partial charge in [0.15, 0.2) is 0 Å². The number of nitrogens with zero attached hydrogens (tertiary/aromatic N) is 2. The molecule has 1 N–H and O–H groups in total. The van der Waals surface area contributed by atoms with Crippen LogP contribution in [0.15, 0.2) is 24.3 Å². The summed E-state index contributed by atoms with van der Waals surface area (Å²) >= 11 is 0. The molecule has 0 spiro atoms. The molecule has 1 unspecified atom stereocenters. The zero-order valence-corrected chi connectivity index (χ0v) is 10.7. The van der Waals surface area contributed by atoms with Gasteiger partial charge in [-0.15, -0.1) is 0 Å². The van der Waals surface area contributed by atoms with E-state index in [0.29, 0.717) is 12.8 Å². The zero-order chi connectivity index (χ0) is 13.4. The molecule has 5 nitrogen and oxygen atoms in total. The lowest BCUT2D eigenvalue weighted by atomic mass is 9.93. The number of hydrogen-bond acceptors (Lipinski definition) is 3. The van der Waals surface area contributed by atoms with E-state index in [9.17, 15) is 9.59 Å². The fourth-order valence-electron chi connectivity index (χ4n) is 2.61. The molecule has 0 bridgehead atoms. The number of hydrogen-bond donors (Lipinski definition) is 1. The van der Waals surface area contributed by atoms with Crippen molar-refractivity contribution >= 4 is 22.7 Å². The Labute approximate surface area is 110 Å². The predicted molar refractivity (Wildman–Crippen MR) is 70.5 cm³/mol. The number of aryl methyl sites for hydroxylation is 1. The van der Waals surface area contributed by atoms with E-state index in [0.717, 1.165) is 23.1 Å². The number of carbonyl (C=O) groups is 2. The lowest BCUT2D eigenvalue weighted by Crippen LogP contribution is -2.39. The van der Waals surface area contributed by atoms with Gasteiger partial charge < -0.3 is 0 Å². The Balaban J connectivity index is 2.10. The van der Waals surface area contributed by atoms with Gasteiger partial charge in [-0.1, -0.05) is 18.2 Å². The van der Waals surface area contributed by atoms with Gasteiger partial charge >= 0.3 is 0 Å². The largest absolute Gasteiger partial charge is 0.296 e. The number of para-hydroxylation sites is 1. The Morgan fingerprint density at radius 1 is 1.37 bits per heavy atom. The van der Waals surface area contributed by atoms with Gasteiger partial charge in [0, 0.05) is 18.4 Å². The molecule has 1 fully saturated rings. The van der Waals surface area contributed by atoms with Crippen LogP contribution in [0, 0.1) is 0 Å². The van der Waals surface area contributed by atoms with Crippen molar-refractivity contribution < 1.29 is 9.59 Å². The molecule has 2 aromatic rings. The molecule has 0 aliphatic carbocycles. The van der Waals surface area contributed by atoms with Gasteiger partial charge in [0.05, 0.1) is 17.1 Å². The maximum Gasteiger partial charge on any atom is 0.235 e. The van der Waals surface area contributed by atoms with Crippen LogP contribution in [0.3, 0.4) is 0 Å². The van der Waals surface area contributed by atoms with E-state index in [1.165, 1.54) is 0 Å². The fraction of sp³-hybridized carbons (Fsp3) is 0.357. The summed E-state index contributed by atoms with van der Waals surface area (Å²) in [6.07, 6.45) is 0.916. The quantitative estimate of drug-likeness (QED) is 0.831. The summed E-state index contributed by atoms with van der Waals surface area (Å²) in [4.78, 5) is 23.2. The minimum absolute atomic E-state index is 0.194. The molecule has 1 aromatic heterocycles. The van der Waals surface area contributed by atoms with Crippen LogP contribution < -0.4 is 5.32 Å². The molecule has 1 atom stereocenters. The molecule has 3 rings (SSSR count). The molecule has 0 saturated carbocycles. The van der Waals surface area contributed by atoms with Crippen molar-refractivity contribution in [1.82, 2.24) is 15.1 Å². The van der Waals surface area contributed by atoms with Crippen molar-refractivity contribution in [2.45, 2.75) is 32.2 Å². The monoisotopic (exact) mass is 257 g/mol. The summed E-state index contributed by atoms with van der Waals surface area (Å²) in [7, 11) is 0. The third-order valence-corrected chi connectivity index (χ3v) is 3.56. The van der Waals surface area contributed by atoms with Crippen LogP contribution in [0.25, 0.3) is 10.9 Å². The first-order valence-electron chi connectivity index (χ1n) is 6.50. The number of fused-ring (bicyclic) bond motifs is 1. The van der Waals surface area contributed by atoms with Gasteiger partial charge in [0.2, 0.25) is 11.8 Å². The van der Waals surface area contributed by atoms with Gasteiger partial charge in [-0.3, -0.25) is 19.6 Å². The smallest absolute Gasteiger partial charge is 0.235 e. The van der Waals surface area contributed by atoms with Gasteiger partial charge in [0.1, 0.15) is 0 Å². The van der Waals surface area contributed by atoms with E-state index in [-0.39, 0.29) is 17.7 Å². The van der Waals surface area contributed by atoms with Crippen LogP contribution in [0.4, 0.5) is 0 Å². The molecule has 98 valence electrons. The summed E-state index contributed by atoms with van der Waals surface area (Å²) < 4.78 is 1.90.